The van der Waals surface area contributed by atoms with Crippen molar-refractivity contribution < 1.29 is 0 Å². The van der Waals surface area contributed by atoms with Crippen LogP contribution in [-0.4, -0.2) is 0 Å². The van der Waals surface area contributed by atoms with Crippen LogP contribution in [-0.2, 0) is 0 Å². The number of alkyl halides is 1. The van der Waals surface area contributed by atoms with Crippen LogP contribution >= 0.6 is 38.9 Å². The van der Waals surface area contributed by atoms with E-state index in [1.165, 1.54) is 14.2 Å². The van der Waals surface area contributed by atoms with Crippen molar-refractivity contribution in [3.05, 3.63) is 20.3 Å². The van der Waals surface area contributed by atoms with Crippen molar-refractivity contribution in [3.63, 3.8) is 0 Å². The normalized spacial score (nSPS) is 13.7. The molecule has 0 amide bonds. The molecule has 3 heteroatoms. The van der Waals surface area contributed by atoms with Gasteiger partial charge in [0, 0.05) is 4.88 Å². The zero-order chi connectivity index (χ0) is 10.0. The van der Waals surface area contributed by atoms with E-state index in [-0.39, 0.29) is 5.38 Å². The molecule has 0 aromatic carbocycles. The minimum Gasteiger partial charge on any atom is -0.133 e. The summed E-state index contributed by atoms with van der Waals surface area (Å²) in [5.41, 5.74) is 1.28. The van der Waals surface area contributed by atoms with Crippen LogP contribution in [0.3, 0.4) is 0 Å². The first-order valence-electron chi connectivity index (χ1n) is 4.40. The van der Waals surface area contributed by atoms with Gasteiger partial charge in [0.15, 0.2) is 0 Å². The van der Waals surface area contributed by atoms with E-state index < -0.39 is 0 Å². The van der Waals surface area contributed by atoms with Gasteiger partial charge in [-0.1, -0.05) is 13.8 Å². The molecule has 0 aliphatic carbocycles. The Morgan fingerprint density at radius 2 is 2.15 bits per heavy atom. The van der Waals surface area contributed by atoms with E-state index in [4.69, 9.17) is 11.6 Å². The van der Waals surface area contributed by atoms with Gasteiger partial charge in [-0.15, -0.1) is 22.9 Å². The molecule has 0 aliphatic heterocycles. The van der Waals surface area contributed by atoms with E-state index in [0.29, 0.717) is 5.92 Å². The third kappa shape index (κ3) is 3.26. The highest BCUT2D eigenvalue weighted by Gasteiger charge is 2.14. The fraction of sp³-hybridized carbons (Fsp3) is 0.600. The van der Waals surface area contributed by atoms with Crippen LogP contribution in [0.5, 0.6) is 0 Å². The van der Waals surface area contributed by atoms with Gasteiger partial charge >= 0.3 is 0 Å². The Hall–Kier alpha value is 0.470. The first kappa shape index (κ1) is 11.5. The summed E-state index contributed by atoms with van der Waals surface area (Å²) in [6.07, 6.45) is 1.05. The van der Waals surface area contributed by atoms with Gasteiger partial charge in [-0.25, -0.2) is 0 Å². The molecule has 0 spiro atoms. The molecule has 0 saturated carbocycles. The zero-order valence-electron chi connectivity index (χ0n) is 8.10. The second kappa shape index (κ2) is 4.81. The topological polar surface area (TPSA) is 0 Å². The van der Waals surface area contributed by atoms with Gasteiger partial charge in [0.2, 0.25) is 0 Å². The Bertz CT molecular complexity index is 280. The highest BCUT2D eigenvalue weighted by molar-refractivity contribution is 9.11. The zero-order valence-corrected chi connectivity index (χ0v) is 11.3. The number of rotatable bonds is 3. The molecule has 0 aliphatic rings. The summed E-state index contributed by atoms with van der Waals surface area (Å²) in [7, 11) is 0. The maximum Gasteiger partial charge on any atom is 0.0704 e. The Morgan fingerprint density at radius 3 is 2.54 bits per heavy atom. The van der Waals surface area contributed by atoms with Gasteiger partial charge in [-0.3, -0.25) is 0 Å². The first-order chi connectivity index (χ1) is 6.00. The fourth-order valence-corrected chi connectivity index (χ4v) is 3.73. The lowest BCUT2D eigenvalue weighted by Gasteiger charge is -2.11. The molecule has 1 rings (SSSR count). The smallest absolute Gasteiger partial charge is 0.0704 e. The van der Waals surface area contributed by atoms with Gasteiger partial charge in [-0.2, -0.15) is 0 Å². The first-order valence-corrected chi connectivity index (χ1v) is 6.45. The van der Waals surface area contributed by atoms with Crippen molar-refractivity contribution in [2.75, 3.05) is 0 Å². The third-order valence-corrected chi connectivity index (χ3v) is 3.92. The van der Waals surface area contributed by atoms with Crippen molar-refractivity contribution in [1.29, 1.82) is 0 Å². The summed E-state index contributed by atoms with van der Waals surface area (Å²) in [5, 5.41) is 0.169. The standard InChI is InChI=1S/C10H14BrClS/c1-6(2)4-9(12)8-5-10(11)13-7(8)3/h5-6,9H,4H2,1-3H3. The van der Waals surface area contributed by atoms with Crippen molar-refractivity contribution in [2.45, 2.75) is 32.6 Å². The number of thiophene rings is 1. The highest BCUT2D eigenvalue weighted by Crippen LogP contribution is 2.36. The van der Waals surface area contributed by atoms with Crippen LogP contribution in [0.2, 0.25) is 0 Å². The summed E-state index contributed by atoms with van der Waals surface area (Å²) >= 11 is 11.5. The summed E-state index contributed by atoms with van der Waals surface area (Å²) < 4.78 is 1.18. The Balaban J connectivity index is 2.76. The van der Waals surface area contributed by atoms with E-state index in [9.17, 15) is 0 Å². The summed E-state index contributed by atoms with van der Waals surface area (Å²) in [5.74, 6) is 0.653. The molecule has 74 valence electrons. The molecule has 1 aromatic rings. The summed E-state index contributed by atoms with van der Waals surface area (Å²) in [6.45, 7) is 6.53. The second-order valence-corrected chi connectivity index (χ2v) is 6.82. The summed E-state index contributed by atoms with van der Waals surface area (Å²) in [4.78, 5) is 1.33. The Labute approximate surface area is 97.4 Å². The molecule has 13 heavy (non-hydrogen) atoms. The lowest BCUT2D eigenvalue weighted by molar-refractivity contribution is 0.575. The molecular formula is C10H14BrClS. The molecule has 0 saturated heterocycles. The Kier molecular flexibility index (Phi) is 4.27. The van der Waals surface area contributed by atoms with Crippen LogP contribution in [0, 0.1) is 12.8 Å². The van der Waals surface area contributed by atoms with Crippen molar-refractivity contribution in [2.24, 2.45) is 5.92 Å². The number of halogens is 2. The number of aryl methyl sites for hydroxylation is 1. The second-order valence-electron chi connectivity index (χ2n) is 3.66. The molecule has 1 unspecified atom stereocenters. The molecular weight excluding hydrogens is 268 g/mol. The van der Waals surface area contributed by atoms with Gasteiger partial charge in [-0.05, 0) is 46.8 Å². The highest BCUT2D eigenvalue weighted by atomic mass is 79.9. The van der Waals surface area contributed by atoms with E-state index in [1.54, 1.807) is 11.3 Å². The van der Waals surface area contributed by atoms with Crippen molar-refractivity contribution in [3.8, 4) is 0 Å². The molecule has 0 radical (unpaired) electrons. The van der Waals surface area contributed by atoms with Crippen LogP contribution in [0.4, 0.5) is 0 Å². The lowest BCUT2D eigenvalue weighted by Crippen LogP contribution is -1.96. The quantitative estimate of drug-likeness (QED) is 0.673. The van der Waals surface area contributed by atoms with Crippen LogP contribution in [0.15, 0.2) is 9.85 Å². The van der Waals surface area contributed by atoms with Crippen molar-refractivity contribution in [1.82, 2.24) is 0 Å². The van der Waals surface area contributed by atoms with Gasteiger partial charge in [0.05, 0.1) is 9.16 Å². The lowest BCUT2D eigenvalue weighted by atomic mass is 10.0. The SMILES string of the molecule is Cc1sc(Br)cc1C(Cl)CC(C)C. The molecule has 1 heterocycles. The third-order valence-electron chi connectivity index (χ3n) is 1.94. The monoisotopic (exact) mass is 280 g/mol. The minimum atomic E-state index is 0.169. The molecule has 1 aromatic heterocycles. The van der Waals surface area contributed by atoms with Gasteiger partial charge in [0.1, 0.15) is 0 Å². The molecule has 0 fully saturated rings. The number of hydrogen-bond acceptors (Lipinski definition) is 1. The van der Waals surface area contributed by atoms with E-state index in [0.717, 1.165) is 6.42 Å². The van der Waals surface area contributed by atoms with Gasteiger partial charge < -0.3 is 0 Å². The largest absolute Gasteiger partial charge is 0.133 e. The van der Waals surface area contributed by atoms with E-state index in [1.807, 2.05) is 0 Å². The van der Waals surface area contributed by atoms with Crippen molar-refractivity contribution >= 4 is 38.9 Å². The average molecular weight is 282 g/mol. The molecule has 0 N–H and O–H groups in total. The predicted molar refractivity (Wildman–Crippen MR) is 64.8 cm³/mol. The average Bonchev–Trinajstić information content (AvgIpc) is 2.28. The molecule has 0 bridgehead atoms. The fourth-order valence-electron chi connectivity index (χ4n) is 1.31. The predicted octanol–water partition coefficient (Wildman–Crippen LogP) is 5.15. The van der Waals surface area contributed by atoms with E-state index >= 15 is 0 Å². The van der Waals surface area contributed by atoms with Gasteiger partial charge in [0.25, 0.3) is 0 Å². The number of hydrogen-bond donors (Lipinski definition) is 0. The molecule has 1 atom stereocenters. The van der Waals surface area contributed by atoms with Crippen LogP contribution < -0.4 is 0 Å². The van der Waals surface area contributed by atoms with Crippen LogP contribution in [0.1, 0.15) is 36.1 Å². The maximum absolute atomic E-state index is 6.31. The maximum atomic E-state index is 6.31. The minimum absolute atomic E-state index is 0.169. The van der Waals surface area contributed by atoms with Crippen LogP contribution in [0.25, 0.3) is 0 Å². The molecule has 0 nitrogen and oxygen atoms in total. The summed E-state index contributed by atoms with van der Waals surface area (Å²) in [6, 6.07) is 2.14. The Morgan fingerprint density at radius 1 is 1.54 bits per heavy atom. The van der Waals surface area contributed by atoms with E-state index in [2.05, 4.69) is 42.8 Å².